The molecule has 1 saturated heterocycles. The first-order chi connectivity index (χ1) is 9.76. The SMILES string of the molecule is CC1(CN)CCN(C(=O)CNS(=O)(=O)c2ccc(Cl)s2)C1. The number of carbonyl (C=O) groups is 1. The van der Waals surface area contributed by atoms with Gasteiger partial charge in [0.1, 0.15) is 4.21 Å². The summed E-state index contributed by atoms with van der Waals surface area (Å²) >= 11 is 6.67. The number of nitrogens with one attached hydrogen (secondary N) is 1. The fraction of sp³-hybridized carbons (Fsp3) is 0.583. The molecule has 0 saturated carbocycles. The number of hydrogen-bond donors (Lipinski definition) is 2. The Hall–Kier alpha value is -0.670. The first-order valence-corrected chi connectivity index (χ1v) is 9.16. The lowest BCUT2D eigenvalue weighted by Crippen LogP contribution is -2.40. The van der Waals surface area contributed by atoms with Gasteiger partial charge in [-0.25, -0.2) is 13.1 Å². The number of amides is 1. The highest BCUT2D eigenvalue weighted by atomic mass is 35.5. The number of sulfonamides is 1. The lowest BCUT2D eigenvalue weighted by atomic mass is 9.90. The Labute approximate surface area is 133 Å². The van der Waals surface area contributed by atoms with Gasteiger partial charge in [-0.2, -0.15) is 0 Å². The smallest absolute Gasteiger partial charge is 0.250 e. The van der Waals surface area contributed by atoms with Crippen molar-refractivity contribution in [1.29, 1.82) is 0 Å². The Kier molecular flexibility index (Phi) is 4.94. The average Bonchev–Trinajstić information content (AvgIpc) is 3.04. The quantitative estimate of drug-likeness (QED) is 0.823. The molecule has 118 valence electrons. The lowest BCUT2D eigenvalue weighted by molar-refractivity contribution is -0.129. The second-order valence-corrected chi connectivity index (χ2v) is 9.17. The van der Waals surface area contributed by atoms with Crippen LogP contribution in [0.25, 0.3) is 0 Å². The molecule has 6 nitrogen and oxygen atoms in total. The second kappa shape index (κ2) is 6.21. The van der Waals surface area contributed by atoms with Gasteiger partial charge in [-0.3, -0.25) is 4.79 Å². The van der Waals surface area contributed by atoms with E-state index in [0.717, 1.165) is 17.8 Å². The van der Waals surface area contributed by atoms with Crippen LogP contribution in [0.15, 0.2) is 16.3 Å². The van der Waals surface area contributed by atoms with E-state index in [0.29, 0.717) is 24.0 Å². The summed E-state index contributed by atoms with van der Waals surface area (Å²) in [6.45, 7) is 3.46. The van der Waals surface area contributed by atoms with Crippen molar-refractivity contribution in [3.8, 4) is 0 Å². The first kappa shape index (κ1) is 16.7. The van der Waals surface area contributed by atoms with Crippen molar-refractivity contribution in [3.05, 3.63) is 16.5 Å². The lowest BCUT2D eigenvalue weighted by Gasteiger charge is -2.22. The molecule has 21 heavy (non-hydrogen) atoms. The molecule has 1 amide bonds. The molecule has 0 spiro atoms. The van der Waals surface area contributed by atoms with Crippen LogP contribution in [0.5, 0.6) is 0 Å². The molecule has 1 aliphatic rings. The highest BCUT2D eigenvalue weighted by molar-refractivity contribution is 7.91. The van der Waals surface area contributed by atoms with E-state index >= 15 is 0 Å². The van der Waals surface area contributed by atoms with E-state index in [4.69, 9.17) is 17.3 Å². The van der Waals surface area contributed by atoms with Crippen LogP contribution in [0.3, 0.4) is 0 Å². The summed E-state index contributed by atoms with van der Waals surface area (Å²) < 4.78 is 26.8. The van der Waals surface area contributed by atoms with Gasteiger partial charge in [0, 0.05) is 13.1 Å². The van der Waals surface area contributed by atoms with Gasteiger partial charge < -0.3 is 10.6 Å². The minimum Gasteiger partial charge on any atom is -0.341 e. The summed E-state index contributed by atoms with van der Waals surface area (Å²) in [5, 5.41) is 0. The molecule has 3 N–H and O–H groups in total. The third-order valence-corrected chi connectivity index (χ3v) is 6.75. The van der Waals surface area contributed by atoms with E-state index in [1.165, 1.54) is 12.1 Å². The van der Waals surface area contributed by atoms with Crippen molar-refractivity contribution in [2.45, 2.75) is 17.6 Å². The number of likely N-dealkylation sites (tertiary alicyclic amines) is 1. The van der Waals surface area contributed by atoms with Crippen LogP contribution in [-0.4, -0.2) is 45.4 Å². The van der Waals surface area contributed by atoms with E-state index in [-0.39, 0.29) is 22.1 Å². The minimum absolute atomic E-state index is 0.0736. The third-order valence-electron chi connectivity index (χ3n) is 3.63. The zero-order valence-corrected chi connectivity index (χ0v) is 14.0. The van der Waals surface area contributed by atoms with Gasteiger partial charge >= 0.3 is 0 Å². The molecule has 1 fully saturated rings. The van der Waals surface area contributed by atoms with Crippen LogP contribution in [0, 0.1) is 5.41 Å². The molecule has 9 heteroatoms. The third kappa shape index (κ3) is 3.95. The van der Waals surface area contributed by atoms with Crippen molar-refractivity contribution >= 4 is 38.9 Å². The van der Waals surface area contributed by atoms with Gasteiger partial charge in [0.2, 0.25) is 5.91 Å². The summed E-state index contributed by atoms with van der Waals surface area (Å²) in [4.78, 5) is 13.7. The van der Waals surface area contributed by atoms with Crippen LogP contribution in [0.4, 0.5) is 0 Å². The molecule has 2 rings (SSSR count). The fourth-order valence-electron chi connectivity index (χ4n) is 2.19. The molecule has 1 unspecified atom stereocenters. The zero-order chi connectivity index (χ0) is 15.7. The largest absolute Gasteiger partial charge is 0.341 e. The van der Waals surface area contributed by atoms with Gasteiger partial charge in [0.25, 0.3) is 10.0 Å². The topological polar surface area (TPSA) is 92.5 Å². The van der Waals surface area contributed by atoms with Crippen molar-refractivity contribution in [2.24, 2.45) is 11.1 Å². The number of halogens is 1. The predicted octanol–water partition coefficient (Wildman–Crippen LogP) is 0.877. The highest BCUT2D eigenvalue weighted by Crippen LogP contribution is 2.28. The second-order valence-electron chi connectivity index (χ2n) is 5.46. The van der Waals surface area contributed by atoms with Crippen LogP contribution in [0.2, 0.25) is 4.34 Å². The molecule has 1 aromatic heterocycles. The van der Waals surface area contributed by atoms with Crippen molar-refractivity contribution in [3.63, 3.8) is 0 Å². The van der Waals surface area contributed by atoms with E-state index < -0.39 is 10.0 Å². The van der Waals surface area contributed by atoms with Gasteiger partial charge in [0.15, 0.2) is 0 Å². The minimum atomic E-state index is -3.69. The fourth-order valence-corrected chi connectivity index (χ4v) is 4.69. The van der Waals surface area contributed by atoms with Crippen molar-refractivity contribution in [1.82, 2.24) is 9.62 Å². The predicted molar refractivity (Wildman–Crippen MR) is 82.9 cm³/mol. The maximum Gasteiger partial charge on any atom is 0.250 e. The van der Waals surface area contributed by atoms with Gasteiger partial charge in [0.05, 0.1) is 10.9 Å². The summed E-state index contributed by atoms with van der Waals surface area (Å²) in [7, 11) is -3.69. The van der Waals surface area contributed by atoms with E-state index in [9.17, 15) is 13.2 Å². The summed E-state index contributed by atoms with van der Waals surface area (Å²) in [6, 6.07) is 2.93. The molecular formula is C12H18ClN3O3S2. The van der Waals surface area contributed by atoms with Crippen LogP contribution >= 0.6 is 22.9 Å². The van der Waals surface area contributed by atoms with E-state index in [1.807, 2.05) is 6.92 Å². The monoisotopic (exact) mass is 351 g/mol. The molecule has 0 bridgehead atoms. The average molecular weight is 352 g/mol. The van der Waals surface area contributed by atoms with E-state index in [1.54, 1.807) is 4.90 Å². The summed E-state index contributed by atoms with van der Waals surface area (Å²) in [5.41, 5.74) is 5.62. The number of hydrogen-bond acceptors (Lipinski definition) is 5. The Balaban J connectivity index is 1.93. The van der Waals surface area contributed by atoms with Crippen LogP contribution in [0.1, 0.15) is 13.3 Å². The summed E-state index contributed by atoms with van der Waals surface area (Å²) in [5.74, 6) is -0.238. The van der Waals surface area contributed by atoms with Gasteiger partial charge in [-0.1, -0.05) is 18.5 Å². The number of nitrogens with zero attached hydrogens (tertiary/aromatic N) is 1. The molecule has 2 heterocycles. The normalized spacial score (nSPS) is 22.7. The number of thiophene rings is 1. The Morgan fingerprint density at radius 1 is 1.57 bits per heavy atom. The van der Waals surface area contributed by atoms with Crippen LogP contribution in [-0.2, 0) is 14.8 Å². The zero-order valence-electron chi connectivity index (χ0n) is 11.6. The summed E-state index contributed by atoms with van der Waals surface area (Å²) in [6.07, 6.45) is 0.836. The molecule has 0 aliphatic carbocycles. The van der Waals surface area contributed by atoms with E-state index in [2.05, 4.69) is 4.72 Å². The number of carbonyl (C=O) groups excluding carboxylic acids is 1. The number of nitrogens with two attached hydrogens (primary N) is 1. The van der Waals surface area contributed by atoms with Crippen molar-refractivity contribution in [2.75, 3.05) is 26.2 Å². The first-order valence-electron chi connectivity index (χ1n) is 6.49. The van der Waals surface area contributed by atoms with Crippen molar-refractivity contribution < 1.29 is 13.2 Å². The molecular weight excluding hydrogens is 334 g/mol. The molecule has 0 radical (unpaired) electrons. The van der Waals surface area contributed by atoms with Gasteiger partial charge in [-0.05, 0) is 30.5 Å². The molecule has 0 aromatic carbocycles. The standard InChI is InChI=1S/C12H18ClN3O3S2/c1-12(7-14)4-5-16(8-12)10(17)6-15-21(18,19)11-3-2-9(13)20-11/h2-3,15H,4-8,14H2,1H3. The maximum atomic E-state index is 12.1. The van der Waals surface area contributed by atoms with Gasteiger partial charge in [-0.15, -0.1) is 11.3 Å². The molecule has 1 aromatic rings. The maximum absolute atomic E-state index is 12.1. The Morgan fingerprint density at radius 3 is 2.81 bits per heavy atom. The Bertz CT molecular complexity index is 631. The molecule has 1 atom stereocenters. The number of rotatable bonds is 5. The Morgan fingerprint density at radius 2 is 2.29 bits per heavy atom. The highest BCUT2D eigenvalue weighted by Gasteiger charge is 2.35. The molecule has 1 aliphatic heterocycles. The van der Waals surface area contributed by atoms with Crippen LogP contribution < -0.4 is 10.5 Å².